The summed E-state index contributed by atoms with van der Waals surface area (Å²) in [6.07, 6.45) is -1.17. The van der Waals surface area contributed by atoms with E-state index in [-0.39, 0.29) is 5.92 Å². The van der Waals surface area contributed by atoms with Crippen LogP contribution in [-0.2, 0) is 0 Å². The molecule has 0 nitrogen and oxygen atoms in total. The van der Waals surface area contributed by atoms with Crippen LogP contribution >= 0.6 is 0 Å². The number of hydrogen-bond acceptors (Lipinski definition) is 0. The number of rotatable bonds is 0. The van der Waals surface area contributed by atoms with Gasteiger partial charge >= 0.3 is 6.18 Å². The van der Waals surface area contributed by atoms with Crippen molar-refractivity contribution >= 4 is 0 Å². The van der Waals surface area contributed by atoms with Gasteiger partial charge in [0.1, 0.15) is 0 Å². The van der Waals surface area contributed by atoms with Gasteiger partial charge in [0.15, 0.2) is 0 Å². The van der Waals surface area contributed by atoms with Crippen molar-refractivity contribution in [1.29, 1.82) is 0 Å². The molecule has 1 aliphatic rings. The molecule has 0 aliphatic heterocycles. The highest BCUT2D eigenvalue weighted by Crippen LogP contribution is 2.40. The smallest absolute Gasteiger partial charge is 0.171 e. The van der Waals surface area contributed by atoms with Crippen LogP contribution in [-0.4, -0.2) is 6.18 Å². The monoisotopic (exact) mass is 166 g/mol. The van der Waals surface area contributed by atoms with E-state index < -0.39 is 12.1 Å². The average Bonchev–Trinajstić information content (AvgIpc) is 1.86. The van der Waals surface area contributed by atoms with E-state index in [0.717, 1.165) is 19.3 Å². The van der Waals surface area contributed by atoms with Crippen LogP contribution in [0.3, 0.4) is 0 Å². The Morgan fingerprint density at radius 1 is 1.09 bits per heavy atom. The van der Waals surface area contributed by atoms with Gasteiger partial charge in [-0.1, -0.05) is 26.2 Å². The summed E-state index contributed by atoms with van der Waals surface area (Å²) in [5, 5.41) is 0. The zero-order valence-electron chi connectivity index (χ0n) is 6.62. The molecule has 1 rings (SSSR count). The molecule has 2 atom stereocenters. The molecule has 1 aliphatic carbocycles. The third-order valence-electron chi connectivity index (χ3n) is 2.53. The van der Waals surface area contributed by atoms with Gasteiger partial charge in [0.2, 0.25) is 0 Å². The standard InChI is InChI=1S/C8H13F3/c1-6-4-2-3-5-7(6)8(9,10)11/h6-7H,2-5H2,1H3/t6?,7-/m1/s1. The summed E-state index contributed by atoms with van der Waals surface area (Å²) >= 11 is 0. The van der Waals surface area contributed by atoms with Gasteiger partial charge in [0.25, 0.3) is 0 Å². The quantitative estimate of drug-likeness (QED) is 0.517. The molecule has 0 aromatic carbocycles. The molecule has 0 radical (unpaired) electrons. The Balaban J connectivity index is 2.55. The van der Waals surface area contributed by atoms with Crippen LogP contribution in [0.25, 0.3) is 0 Å². The number of alkyl halides is 3. The summed E-state index contributed by atoms with van der Waals surface area (Å²) in [6, 6.07) is 0. The van der Waals surface area contributed by atoms with Crippen LogP contribution < -0.4 is 0 Å². The maximum absolute atomic E-state index is 12.2. The highest BCUT2D eigenvalue weighted by atomic mass is 19.4. The Kier molecular flexibility index (Phi) is 2.45. The molecule has 0 N–H and O–H groups in total. The average molecular weight is 166 g/mol. The molecule has 0 heterocycles. The van der Waals surface area contributed by atoms with Crippen LogP contribution in [0.2, 0.25) is 0 Å². The second kappa shape index (κ2) is 3.03. The first-order valence-electron chi connectivity index (χ1n) is 4.08. The Morgan fingerprint density at radius 3 is 2.00 bits per heavy atom. The minimum atomic E-state index is -3.96. The summed E-state index contributed by atoms with van der Waals surface area (Å²) in [7, 11) is 0. The van der Waals surface area contributed by atoms with E-state index >= 15 is 0 Å². The topological polar surface area (TPSA) is 0 Å². The molecule has 0 bridgehead atoms. The molecule has 0 spiro atoms. The van der Waals surface area contributed by atoms with E-state index in [1.807, 2.05) is 0 Å². The second-order valence-electron chi connectivity index (χ2n) is 3.41. The molecule has 0 saturated heterocycles. The van der Waals surface area contributed by atoms with Crippen molar-refractivity contribution in [1.82, 2.24) is 0 Å². The molecular formula is C8H13F3. The third-order valence-corrected chi connectivity index (χ3v) is 2.53. The molecule has 0 aromatic heterocycles. The van der Waals surface area contributed by atoms with Gasteiger partial charge in [-0.3, -0.25) is 0 Å². The van der Waals surface area contributed by atoms with Crippen molar-refractivity contribution in [3.05, 3.63) is 0 Å². The summed E-state index contributed by atoms with van der Waals surface area (Å²) in [5.41, 5.74) is 0. The molecule has 3 heteroatoms. The largest absolute Gasteiger partial charge is 0.392 e. The van der Waals surface area contributed by atoms with Gasteiger partial charge in [-0.05, 0) is 12.3 Å². The maximum atomic E-state index is 12.2. The van der Waals surface area contributed by atoms with E-state index in [2.05, 4.69) is 0 Å². The highest BCUT2D eigenvalue weighted by molar-refractivity contribution is 4.77. The van der Waals surface area contributed by atoms with Gasteiger partial charge in [0, 0.05) is 0 Å². The van der Waals surface area contributed by atoms with E-state index in [4.69, 9.17) is 0 Å². The minimum absolute atomic E-state index is 0.163. The Hall–Kier alpha value is -0.210. The molecule has 0 amide bonds. The van der Waals surface area contributed by atoms with Crippen molar-refractivity contribution in [3.8, 4) is 0 Å². The van der Waals surface area contributed by atoms with E-state index in [0.29, 0.717) is 6.42 Å². The molecular weight excluding hydrogens is 153 g/mol. The van der Waals surface area contributed by atoms with Crippen molar-refractivity contribution in [2.45, 2.75) is 38.8 Å². The summed E-state index contributed by atoms with van der Waals surface area (Å²) in [5.74, 6) is -1.19. The Labute approximate surface area is 64.8 Å². The lowest BCUT2D eigenvalue weighted by atomic mass is 9.80. The van der Waals surface area contributed by atoms with Gasteiger partial charge in [-0.2, -0.15) is 13.2 Å². The molecule has 66 valence electrons. The van der Waals surface area contributed by atoms with Crippen LogP contribution in [0.15, 0.2) is 0 Å². The lowest BCUT2D eigenvalue weighted by Crippen LogP contribution is -2.31. The van der Waals surface area contributed by atoms with Crippen molar-refractivity contribution in [3.63, 3.8) is 0 Å². The summed E-state index contributed by atoms with van der Waals surface area (Å²) < 4.78 is 36.6. The molecule has 11 heavy (non-hydrogen) atoms. The predicted octanol–water partition coefficient (Wildman–Crippen LogP) is 3.38. The number of hydrogen-bond donors (Lipinski definition) is 0. The summed E-state index contributed by atoms with van der Waals surface area (Å²) in [6.45, 7) is 1.71. The lowest BCUT2D eigenvalue weighted by Gasteiger charge is -2.30. The zero-order chi connectivity index (χ0) is 8.48. The van der Waals surface area contributed by atoms with Gasteiger partial charge in [-0.15, -0.1) is 0 Å². The second-order valence-corrected chi connectivity index (χ2v) is 3.41. The van der Waals surface area contributed by atoms with Crippen molar-refractivity contribution < 1.29 is 13.2 Å². The van der Waals surface area contributed by atoms with E-state index in [1.165, 1.54) is 0 Å². The van der Waals surface area contributed by atoms with Gasteiger partial charge in [-0.25, -0.2) is 0 Å². The normalized spacial score (nSPS) is 33.8. The fourth-order valence-electron chi connectivity index (χ4n) is 1.80. The minimum Gasteiger partial charge on any atom is -0.171 e. The highest BCUT2D eigenvalue weighted by Gasteiger charge is 2.43. The lowest BCUT2D eigenvalue weighted by molar-refractivity contribution is -0.194. The predicted molar refractivity (Wildman–Crippen MR) is 37.2 cm³/mol. The number of halogens is 3. The first kappa shape index (κ1) is 8.88. The Bertz CT molecular complexity index is 128. The Morgan fingerprint density at radius 2 is 1.64 bits per heavy atom. The van der Waals surface area contributed by atoms with Crippen LogP contribution in [0.4, 0.5) is 13.2 Å². The van der Waals surface area contributed by atoms with Crippen molar-refractivity contribution in [2.75, 3.05) is 0 Å². The SMILES string of the molecule is CC1CCCC[C@H]1C(F)(F)F. The molecule has 0 aromatic rings. The molecule has 1 fully saturated rings. The van der Waals surface area contributed by atoms with Crippen LogP contribution in [0, 0.1) is 11.8 Å². The molecule has 1 unspecified atom stereocenters. The van der Waals surface area contributed by atoms with Crippen LogP contribution in [0.5, 0.6) is 0 Å². The first-order chi connectivity index (χ1) is 5.02. The van der Waals surface area contributed by atoms with Gasteiger partial charge < -0.3 is 0 Å². The first-order valence-corrected chi connectivity index (χ1v) is 4.08. The zero-order valence-corrected chi connectivity index (χ0v) is 6.62. The van der Waals surface area contributed by atoms with E-state index in [1.54, 1.807) is 6.92 Å². The van der Waals surface area contributed by atoms with Gasteiger partial charge in [0.05, 0.1) is 5.92 Å². The fraction of sp³-hybridized carbons (Fsp3) is 1.00. The van der Waals surface area contributed by atoms with Crippen molar-refractivity contribution in [2.24, 2.45) is 11.8 Å². The third kappa shape index (κ3) is 2.11. The van der Waals surface area contributed by atoms with E-state index in [9.17, 15) is 13.2 Å². The fourth-order valence-corrected chi connectivity index (χ4v) is 1.80. The maximum Gasteiger partial charge on any atom is 0.392 e. The molecule has 1 saturated carbocycles. The van der Waals surface area contributed by atoms with Crippen LogP contribution in [0.1, 0.15) is 32.6 Å². The summed E-state index contributed by atoms with van der Waals surface area (Å²) in [4.78, 5) is 0.